The summed E-state index contributed by atoms with van der Waals surface area (Å²) >= 11 is 0. The van der Waals surface area contributed by atoms with E-state index in [2.05, 4.69) is 23.0 Å². The van der Waals surface area contributed by atoms with Crippen LogP contribution in [-0.2, 0) is 4.74 Å². The van der Waals surface area contributed by atoms with Crippen molar-refractivity contribution < 1.29 is 13.9 Å². The summed E-state index contributed by atoms with van der Waals surface area (Å²) in [5.74, 6) is 0.0723. The Balaban J connectivity index is 0.00000245. The Morgan fingerprint density at radius 1 is 1.06 bits per heavy atom. The first-order chi connectivity index (χ1) is 15.1. The van der Waals surface area contributed by atoms with Gasteiger partial charge in [-0.05, 0) is 68.5 Å². The first kappa shape index (κ1) is 22.4. The maximum atomic E-state index is 12.3. The number of cyclic esters (lactones) is 1. The van der Waals surface area contributed by atoms with E-state index in [4.69, 9.17) is 9.15 Å². The molecule has 8 heteroatoms. The molecule has 1 saturated heterocycles. The molecule has 1 aromatic heterocycles. The van der Waals surface area contributed by atoms with Crippen molar-refractivity contribution in [1.29, 1.82) is 0 Å². The molecule has 7 nitrogen and oxygen atoms in total. The molecular weight excluding hydrogens is 430 g/mol. The zero-order chi connectivity index (χ0) is 21.4. The number of carbonyl (C=O) groups is 1. The average molecular weight is 458 g/mol. The Hall–Kier alpha value is -2.77. The largest absolute Gasteiger partial charge is 0.443 e. The third-order valence-corrected chi connectivity index (χ3v) is 6.67. The van der Waals surface area contributed by atoms with E-state index in [1.165, 1.54) is 5.56 Å². The molecule has 0 spiro atoms. The van der Waals surface area contributed by atoms with Crippen molar-refractivity contribution in [2.24, 2.45) is 0 Å². The Morgan fingerprint density at radius 3 is 2.56 bits per heavy atom. The second kappa shape index (κ2) is 9.38. The van der Waals surface area contributed by atoms with Crippen LogP contribution < -0.4 is 10.7 Å². The van der Waals surface area contributed by atoms with E-state index in [1.807, 2.05) is 42.5 Å². The summed E-state index contributed by atoms with van der Waals surface area (Å²) in [6.45, 7) is 1.33. The topological polar surface area (TPSA) is 78.8 Å². The zero-order valence-electron chi connectivity index (χ0n) is 18.0. The molecule has 1 atom stereocenters. The summed E-state index contributed by atoms with van der Waals surface area (Å²) in [5.41, 5.74) is 3.50. The van der Waals surface area contributed by atoms with Crippen molar-refractivity contribution in [2.45, 2.75) is 43.7 Å². The van der Waals surface area contributed by atoms with Crippen molar-refractivity contribution >= 4 is 35.3 Å². The summed E-state index contributed by atoms with van der Waals surface area (Å²) in [6.07, 6.45) is 4.00. The fourth-order valence-electron chi connectivity index (χ4n) is 4.97. The smallest absolute Gasteiger partial charge is 0.417 e. The first-order valence-electron chi connectivity index (χ1n) is 10.9. The Kier molecular flexibility index (Phi) is 6.58. The van der Waals surface area contributed by atoms with Crippen LogP contribution in [0.2, 0.25) is 0 Å². The van der Waals surface area contributed by atoms with Gasteiger partial charge in [-0.3, -0.25) is 14.8 Å². The van der Waals surface area contributed by atoms with Crippen molar-refractivity contribution in [3.05, 3.63) is 64.6 Å². The third-order valence-electron chi connectivity index (χ3n) is 6.67. The van der Waals surface area contributed by atoms with Gasteiger partial charge < -0.3 is 9.15 Å². The van der Waals surface area contributed by atoms with E-state index >= 15 is 0 Å². The van der Waals surface area contributed by atoms with Gasteiger partial charge in [-0.2, -0.15) is 0 Å². The number of carbonyl (C=O) groups excluding carboxylic acids is 1. The molecule has 0 radical (unpaired) electrons. The molecule has 2 aromatic carbocycles. The molecule has 3 aromatic rings. The van der Waals surface area contributed by atoms with Crippen LogP contribution in [0.3, 0.4) is 0 Å². The number of hydrogen-bond donors (Lipinski definition) is 1. The fraction of sp³-hybridized carbons (Fsp3) is 0.417. The van der Waals surface area contributed by atoms with Gasteiger partial charge in [0.15, 0.2) is 5.58 Å². The number of H-pyrrole nitrogens is 1. The SMILES string of the molecule is CN(C[C@@H]1CN(c2ccccc2)C(=O)O1)[C@H]1CC[C@H](c2ccc3[nH]c(=O)oc3c2)CC1.Cl. The van der Waals surface area contributed by atoms with E-state index in [-0.39, 0.29) is 24.6 Å². The lowest BCUT2D eigenvalue weighted by molar-refractivity contribution is 0.0912. The molecule has 1 amide bonds. The summed E-state index contributed by atoms with van der Waals surface area (Å²) < 4.78 is 10.8. The molecule has 1 saturated carbocycles. The minimum absolute atomic E-state index is 0. The second-order valence-corrected chi connectivity index (χ2v) is 8.67. The van der Waals surface area contributed by atoms with Gasteiger partial charge in [0.25, 0.3) is 0 Å². The molecule has 1 N–H and O–H groups in total. The maximum Gasteiger partial charge on any atom is 0.417 e. The number of halogens is 1. The number of aromatic nitrogens is 1. The number of para-hydroxylation sites is 1. The molecule has 0 unspecified atom stereocenters. The molecule has 5 rings (SSSR count). The van der Waals surface area contributed by atoms with E-state index in [0.717, 1.165) is 43.4 Å². The number of oxazole rings is 1. The average Bonchev–Trinajstić information content (AvgIpc) is 3.34. The summed E-state index contributed by atoms with van der Waals surface area (Å²) in [7, 11) is 2.13. The summed E-state index contributed by atoms with van der Waals surface area (Å²) in [4.78, 5) is 30.4. The zero-order valence-corrected chi connectivity index (χ0v) is 18.8. The lowest BCUT2D eigenvalue weighted by Gasteiger charge is -2.35. The highest BCUT2D eigenvalue weighted by Crippen LogP contribution is 2.35. The van der Waals surface area contributed by atoms with E-state index < -0.39 is 5.76 Å². The predicted octanol–water partition coefficient (Wildman–Crippen LogP) is 4.53. The minimum Gasteiger partial charge on any atom is -0.443 e. The lowest BCUT2D eigenvalue weighted by atomic mass is 9.81. The second-order valence-electron chi connectivity index (χ2n) is 8.67. The number of hydrogen-bond acceptors (Lipinski definition) is 5. The highest BCUT2D eigenvalue weighted by molar-refractivity contribution is 5.89. The lowest BCUT2D eigenvalue weighted by Crippen LogP contribution is -2.40. The highest BCUT2D eigenvalue weighted by atomic mass is 35.5. The number of anilines is 1. The molecule has 0 bridgehead atoms. The molecule has 2 aliphatic rings. The molecule has 170 valence electrons. The third kappa shape index (κ3) is 4.54. The molecule has 32 heavy (non-hydrogen) atoms. The Labute approximate surface area is 192 Å². The molecule has 2 heterocycles. The normalized spacial score (nSPS) is 23.4. The number of benzene rings is 2. The van der Waals surface area contributed by atoms with Crippen LogP contribution in [0.5, 0.6) is 0 Å². The molecule has 1 aliphatic heterocycles. The van der Waals surface area contributed by atoms with Crippen LogP contribution in [0, 0.1) is 0 Å². The molecule has 2 fully saturated rings. The van der Waals surface area contributed by atoms with E-state index in [9.17, 15) is 9.59 Å². The number of aromatic amines is 1. The highest BCUT2D eigenvalue weighted by Gasteiger charge is 2.34. The van der Waals surface area contributed by atoms with Crippen molar-refractivity contribution in [1.82, 2.24) is 9.88 Å². The quantitative estimate of drug-likeness (QED) is 0.609. The van der Waals surface area contributed by atoms with Gasteiger partial charge in [0.2, 0.25) is 0 Å². The van der Waals surface area contributed by atoms with Crippen molar-refractivity contribution in [2.75, 3.05) is 25.0 Å². The number of ether oxygens (including phenoxy) is 1. The molecule has 1 aliphatic carbocycles. The van der Waals surface area contributed by atoms with Crippen molar-refractivity contribution in [3.8, 4) is 0 Å². The first-order valence-corrected chi connectivity index (χ1v) is 10.9. The van der Waals surface area contributed by atoms with Crippen molar-refractivity contribution in [3.63, 3.8) is 0 Å². The van der Waals surface area contributed by atoms with Crippen LogP contribution in [0.15, 0.2) is 57.7 Å². The van der Waals surface area contributed by atoms with Crippen LogP contribution in [0.4, 0.5) is 10.5 Å². The number of fused-ring (bicyclic) bond motifs is 1. The monoisotopic (exact) mass is 457 g/mol. The minimum atomic E-state index is -0.407. The van der Waals surface area contributed by atoms with Gasteiger partial charge >= 0.3 is 11.8 Å². The number of amides is 1. The van der Waals surface area contributed by atoms with Crippen LogP contribution >= 0.6 is 12.4 Å². The van der Waals surface area contributed by atoms with E-state index in [0.29, 0.717) is 24.1 Å². The maximum absolute atomic E-state index is 12.3. The predicted molar refractivity (Wildman–Crippen MR) is 126 cm³/mol. The Bertz CT molecular complexity index is 1120. The van der Waals surface area contributed by atoms with Crippen LogP contribution in [-0.4, -0.2) is 48.3 Å². The van der Waals surface area contributed by atoms with Crippen LogP contribution in [0.1, 0.15) is 37.2 Å². The number of nitrogens with one attached hydrogen (secondary N) is 1. The van der Waals surface area contributed by atoms with Gasteiger partial charge in [-0.1, -0.05) is 24.3 Å². The fourth-order valence-corrected chi connectivity index (χ4v) is 4.97. The van der Waals surface area contributed by atoms with E-state index in [1.54, 1.807) is 4.90 Å². The Morgan fingerprint density at radius 2 is 1.81 bits per heavy atom. The number of nitrogens with zero attached hydrogens (tertiary/aromatic N) is 2. The summed E-state index contributed by atoms with van der Waals surface area (Å²) in [6, 6.07) is 16.2. The van der Waals surface area contributed by atoms with Gasteiger partial charge in [0.1, 0.15) is 6.10 Å². The van der Waals surface area contributed by atoms with Crippen LogP contribution in [0.25, 0.3) is 11.1 Å². The summed E-state index contributed by atoms with van der Waals surface area (Å²) in [5, 5.41) is 0. The van der Waals surface area contributed by atoms with Gasteiger partial charge in [0.05, 0.1) is 12.1 Å². The van der Waals surface area contributed by atoms with Gasteiger partial charge in [0, 0.05) is 18.3 Å². The molecular formula is C24H28ClN3O4. The van der Waals surface area contributed by atoms with Gasteiger partial charge in [-0.15, -0.1) is 12.4 Å². The van der Waals surface area contributed by atoms with Gasteiger partial charge in [-0.25, -0.2) is 9.59 Å². The number of likely N-dealkylation sites (N-methyl/N-ethyl adjacent to an activating group) is 1. The standard InChI is InChI=1S/C24H27N3O4.ClH/c1-26(14-20-15-27(24(29)30-20)19-5-3-2-4-6-19)18-10-7-16(8-11-18)17-9-12-21-22(13-17)31-23(28)25-21;/h2-6,9,12-13,16,18,20H,7-8,10-11,14-15H2,1H3,(H,25,28);1H/t16-,18-,20-;/m1./s1. The number of rotatable bonds is 5.